The number of hydrogen-bond donors (Lipinski definition) is 4. The van der Waals surface area contributed by atoms with Gasteiger partial charge in [-0.3, -0.25) is 0 Å². The molecular formula is C100H100O34. The second-order valence-corrected chi connectivity index (χ2v) is 30.7. The molecule has 0 aliphatic heterocycles. The van der Waals surface area contributed by atoms with Crippen molar-refractivity contribution in [2.75, 3.05) is 79.3 Å². The molecule has 0 bridgehead atoms. The van der Waals surface area contributed by atoms with Crippen LogP contribution in [-0.4, -0.2) is 195 Å². The zero-order valence-electron chi connectivity index (χ0n) is 75.1. The van der Waals surface area contributed by atoms with E-state index >= 15 is 0 Å². The summed E-state index contributed by atoms with van der Waals surface area (Å²) in [4.78, 5) is 172. The molecule has 8 aromatic carbocycles. The first kappa shape index (κ1) is 105. The zero-order chi connectivity index (χ0) is 98.8. The second kappa shape index (κ2) is 49.6. The van der Waals surface area contributed by atoms with E-state index in [1.807, 2.05) is 76.2 Å². The summed E-state index contributed by atoms with van der Waals surface area (Å²) in [6.07, 6.45) is -2.81. The molecule has 2 atom stereocenters. The van der Waals surface area contributed by atoms with E-state index in [0.717, 1.165) is 22.3 Å². The molecule has 134 heavy (non-hydrogen) atoms. The van der Waals surface area contributed by atoms with Gasteiger partial charge in [0.15, 0.2) is 0 Å². The number of carboxylic acid groups (broad SMARTS) is 2. The molecule has 0 aliphatic carbocycles. The van der Waals surface area contributed by atoms with Gasteiger partial charge in [0, 0.05) is 44.3 Å². The molecule has 0 fully saturated rings. The third kappa shape index (κ3) is 31.6. The van der Waals surface area contributed by atoms with Crippen LogP contribution in [0, 0.1) is 0 Å². The monoisotopic (exact) mass is 1840 g/mol. The first-order valence-electron chi connectivity index (χ1n) is 40.9. The Morgan fingerprint density at radius 2 is 0.410 bits per heavy atom. The van der Waals surface area contributed by atoms with E-state index in [2.05, 4.69) is 39.5 Å². The third-order valence-electron chi connectivity index (χ3n) is 18.9. The summed E-state index contributed by atoms with van der Waals surface area (Å²) in [6, 6.07) is 44.2. The van der Waals surface area contributed by atoms with Crippen molar-refractivity contribution in [2.24, 2.45) is 0 Å². The van der Waals surface area contributed by atoms with E-state index in [0.29, 0.717) is 23.0 Å². The molecule has 0 spiro atoms. The van der Waals surface area contributed by atoms with Crippen molar-refractivity contribution in [1.29, 1.82) is 0 Å². The molecule has 34 heteroatoms. The van der Waals surface area contributed by atoms with Crippen molar-refractivity contribution >= 4 is 83.6 Å². The fraction of sp³-hybridized carbons (Fsp3) is 0.260. The highest BCUT2D eigenvalue weighted by Gasteiger charge is 2.30. The molecule has 4 N–H and O–H groups in total. The van der Waals surface area contributed by atoms with E-state index in [4.69, 9.17) is 75.8 Å². The molecule has 8 aromatic rings. The van der Waals surface area contributed by atoms with Gasteiger partial charge in [-0.15, -0.1) is 0 Å². The Labute approximate surface area is 770 Å². The van der Waals surface area contributed by atoms with Gasteiger partial charge in [-0.1, -0.05) is 116 Å². The highest BCUT2D eigenvalue weighted by Crippen LogP contribution is 2.39. The smallest absolute Gasteiger partial charge is 0.339 e. The van der Waals surface area contributed by atoms with Crippen molar-refractivity contribution in [2.45, 2.75) is 92.3 Å². The van der Waals surface area contributed by atoms with Crippen LogP contribution in [0.4, 0.5) is 0 Å². The number of ether oxygens (including phenoxy) is 16. The minimum atomic E-state index is -1.41. The minimum absolute atomic E-state index is 0.103. The summed E-state index contributed by atoms with van der Waals surface area (Å²) >= 11 is 0. The van der Waals surface area contributed by atoms with Crippen LogP contribution >= 0.6 is 0 Å². The van der Waals surface area contributed by atoms with Gasteiger partial charge < -0.3 is 96.2 Å². The molecule has 0 saturated heterocycles. The van der Waals surface area contributed by atoms with Crippen LogP contribution in [0.2, 0.25) is 0 Å². The minimum Gasteiger partial charge on any atom is -0.478 e. The molecule has 0 aliphatic rings. The topological polar surface area (TPSA) is 468 Å². The molecule has 2 unspecified atom stereocenters. The summed E-state index contributed by atoms with van der Waals surface area (Å²) in [6.45, 7) is 33.1. The van der Waals surface area contributed by atoms with Crippen LogP contribution in [0.15, 0.2) is 243 Å². The number of benzene rings is 8. The summed E-state index contributed by atoms with van der Waals surface area (Å²) in [5.74, 6) is -10.6. The van der Waals surface area contributed by atoms with Gasteiger partial charge in [-0.05, 0) is 185 Å². The van der Waals surface area contributed by atoms with E-state index < -0.39 is 133 Å². The van der Waals surface area contributed by atoms with Gasteiger partial charge in [-0.25, -0.2) is 67.1 Å². The lowest BCUT2D eigenvalue weighted by Crippen LogP contribution is -2.26. The number of esters is 12. The third-order valence-corrected chi connectivity index (χ3v) is 18.9. The van der Waals surface area contributed by atoms with Crippen molar-refractivity contribution < 1.29 is 163 Å². The maximum absolute atomic E-state index is 13.4. The van der Waals surface area contributed by atoms with E-state index in [1.54, 1.807) is 48.5 Å². The first-order valence-corrected chi connectivity index (χ1v) is 40.9. The Hall–Kier alpha value is -16.1. The number of hydrogen-bond acceptors (Lipinski definition) is 32. The van der Waals surface area contributed by atoms with Crippen LogP contribution < -0.4 is 18.9 Å². The lowest BCUT2D eigenvalue weighted by Gasteiger charge is -2.26. The molecule has 0 amide bonds. The van der Waals surface area contributed by atoms with Crippen LogP contribution in [0.1, 0.15) is 174 Å². The number of carbonyl (C=O) groups excluding carboxylic acids is 12. The van der Waals surface area contributed by atoms with Gasteiger partial charge in [0.05, 0.1) is 44.5 Å². The SMILES string of the molecule is C=C(C)C(=O)OCCOC(=O)c1ccc(Oc2ccc(C(C)(C)c3ccc(Oc4ccc(C(=O)OCCOC(=O)C(=C)C)c(C(=O)O)c4)cc3)cc2)cc1C(=O)O.C=C(C)C(=O)OCCOC(=O)c1ccc(Oc2ccc(C(C)(C)c3ccc(Oc4ccc(C(=O)OCCOC(=O)C(=C)C)c(C(=O)OCC(O)COC(=O)C(=C)C)c4)cc3)cc2)cc1C(=O)OCC(O)COC(=O)C(=C)C. The van der Waals surface area contributed by atoms with Crippen molar-refractivity contribution in [1.82, 2.24) is 0 Å². The standard InChI is InChI=1S/C57H60O20.C43H40O14/c1-33(2)49(60)68-23-25-70-53(64)45-21-19-43(27-47(45)55(66)74-31-39(58)29-72-51(62)35(5)6)76-41-15-11-37(12-16-41)57(9,10)38-13-17-42(18-14-38)77-44-20-22-46(54(65)71-26-24-69-50(61)34(3)4)48(28-44)56(67)75-32-40(59)30-73-52(63)36(7)8;1-25(2)39(48)52-19-21-54-41(50)33-17-15-31(23-35(33)37(44)45)56-29-11-7-27(8-12-29)43(5,6)28-9-13-30(14-10-28)57-32-16-18-34(36(24-32)38(46)47)42(51)55-22-20-53-40(49)26(3)4/h11-22,27-28,39-40,58-59H,1,3,5,7,23-26,29-32H2,2,4,6,8-10H3;7-18,23-24H,1,3,19-22H2,2,4-6H3,(H,44,45)(H,46,47). The summed E-state index contributed by atoms with van der Waals surface area (Å²) in [5, 5.41) is 40.1. The molecule has 0 saturated carbocycles. The fourth-order valence-electron chi connectivity index (χ4n) is 11.5. The van der Waals surface area contributed by atoms with Gasteiger partial charge >= 0.3 is 83.6 Å². The first-order chi connectivity index (χ1) is 63.3. The number of aliphatic hydroxyl groups excluding tert-OH is 2. The Kier molecular flexibility index (Phi) is 38.9. The van der Waals surface area contributed by atoms with Gasteiger partial charge in [0.2, 0.25) is 0 Å². The number of carbonyl (C=O) groups is 14. The Morgan fingerprint density at radius 3 is 0.619 bits per heavy atom. The molecule has 8 rings (SSSR count). The van der Waals surface area contributed by atoms with Gasteiger partial charge in [-0.2, -0.15) is 0 Å². The highest BCUT2D eigenvalue weighted by molar-refractivity contribution is 6.06. The lowest BCUT2D eigenvalue weighted by molar-refractivity contribution is -0.143. The predicted molar refractivity (Wildman–Crippen MR) is 478 cm³/mol. The zero-order valence-corrected chi connectivity index (χ0v) is 75.1. The molecule has 34 nitrogen and oxygen atoms in total. The number of aromatic carboxylic acids is 2. The van der Waals surface area contributed by atoms with Crippen molar-refractivity contribution in [3.8, 4) is 46.0 Å². The van der Waals surface area contributed by atoms with E-state index in [1.165, 1.54) is 114 Å². The Balaban J connectivity index is 0.000000382. The number of carboxylic acids is 2. The maximum Gasteiger partial charge on any atom is 0.339 e. The predicted octanol–water partition coefficient (Wildman–Crippen LogP) is 15.0. The highest BCUT2D eigenvalue weighted by atomic mass is 16.6. The Bertz CT molecular complexity index is 5420. The largest absolute Gasteiger partial charge is 0.478 e. The molecule has 0 aromatic heterocycles. The van der Waals surface area contributed by atoms with Gasteiger partial charge in [0.1, 0.15) is 137 Å². The summed E-state index contributed by atoms with van der Waals surface area (Å²) in [5.41, 5.74) is 1.26. The van der Waals surface area contributed by atoms with Crippen LogP contribution in [0.3, 0.4) is 0 Å². The summed E-state index contributed by atoms with van der Waals surface area (Å²) < 4.78 is 84.6. The number of rotatable bonds is 46. The quantitative estimate of drug-likeness (QED) is 0.0119. The summed E-state index contributed by atoms with van der Waals surface area (Å²) in [7, 11) is 0. The van der Waals surface area contributed by atoms with E-state index in [-0.39, 0.29) is 154 Å². The van der Waals surface area contributed by atoms with Crippen LogP contribution in [0.5, 0.6) is 46.0 Å². The van der Waals surface area contributed by atoms with Crippen LogP contribution in [0.25, 0.3) is 0 Å². The second-order valence-electron chi connectivity index (χ2n) is 30.7. The fourth-order valence-corrected chi connectivity index (χ4v) is 11.5. The normalized spacial score (nSPS) is 11.2. The lowest BCUT2D eigenvalue weighted by atomic mass is 9.78. The van der Waals surface area contributed by atoms with Crippen LogP contribution in [-0.2, 0) is 96.4 Å². The molecular weight excluding hydrogens is 1750 g/mol. The number of aliphatic hydroxyl groups is 2. The average molecular weight is 1850 g/mol. The Morgan fingerprint density at radius 1 is 0.239 bits per heavy atom. The molecule has 704 valence electrons. The van der Waals surface area contributed by atoms with E-state index in [9.17, 15) is 87.5 Å². The average Bonchev–Trinajstić information content (AvgIpc) is 0.796. The maximum atomic E-state index is 13.4. The molecule has 0 radical (unpaired) electrons. The van der Waals surface area contributed by atoms with Crippen molar-refractivity contribution in [3.05, 3.63) is 310 Å². The van der Waals surface area contributed by atoms with Gasteiger partial charge in [0.25, 0.3) is 0 Å². The molecule has 0 heterocycles. The van der Waals surface area contributed by atoms with Crippen molar-refractivity contribution in [3.63, 3.8) is 0 Å².